The van der Waals surface area contributed by atoms with E-state index >= 15 is 0 Å². The molecule has 0 saturated carbocycles. The third-order valence-corrected chi connectivity index (χ3v) is 2.14. The van der Waals surface area contributed by atoms with E-state index in [4.69, 9.17) is 11.6 Å². The van der Waals surface area contributed by atoms with Crippen molar-refractivity contribution in [2.75, 3.05) is 0 Å². The summed E-state index contributed by atoms with van der Waals surface area (Å²) in [5, 5.41) is 10.2. The van der Waals surface area contributed by atoms with E-state index in [0.717, 1.165) is 19.1 Å². The van der Waals surface area contributed by atoms with Crippen LogP contribution in [0.15, 0.2) is 12.1 Å². The number of carbonyl (C=O) groups is 1. The smallest absolute Gasteiger partial charge is 0.387 e. The Bertz CT molecular complexity index is 478. The summed E-state index contributed by atoms with van der Waals surface area (Å²) in [4.78, 5) is 20.9. The highest BCUT2D eigenvalue weighted by molar-refractivity contribution is 6.33. The molecule has 0 amide bonds. The lowest BCUT2D eigenvalue weighted by atomic mass is 10.1. The number of ether oxygens (including phenoxy) is 1. The van der Waals surface area contributed by atoms with Crippen molar-refractivity contribution in [1.29, 1.82) is 0 Å². The molecule has 1 rings (SSSR count). The van der Waals surface area contributed by atoms with Gasteiger partial charge in [-0.3, -0.25) is 14.9 Å². The van der Waals surface area contributed by atoms with Gasteiger partial charge in [-0.1, -0.05) is 11.6 Å². The largest absolute Gasteiger partial charge is 0.434 e. The molecule has 17 heavy (non-hydrogen) atoms. The van der Waals surface area contributed by atoms with Crippen LogP contribution in [-0.2, 0) is 0 Å². The first-order chi connectivity index (χ1) is 7.82. The van der Waals surface area contributed by atoms with Gasteiger partial charge in [0.2, 0.25) is 0 Å². The van der Waals surface area contributed by atoms with Crippen molar-refractivity contribution < 1.29 is 23.2 Å². The van der Waals surface area contributed by atoms with Gasteiger partial charge >= 0.3 is 6.61 Å². The van der Waals surface area contributed by atoms with Crippen LogP contribution in [0.5, 0.6) is 5.75 Å². The average molecular weight is 266 g/mol. The molecule has 0 fully saturated rings. The number of nitro groups is 1. The van der Waals surface area contributed by atoms with E-state index in [2.05, 4.69) is 4.74 Å². The SMILES string of the molecule is CC(=O)c1cc([N+](=O)[O-])c(Cl)cc1OC(F)F. The van der Waals surface area contributed by atoms with Crippen LogP contribution < -0.4 is 4.74 Å². The van der Waals surface area contributed by atoms with Crippen LogP contribution in [0.25, 0.3) is 0 Å². The van der Waals surface area contributed by atoms with Crippen molar-refractivity contribution in [3.05, 3.63) is 32.8 Å². The Kier molecular flexibility index (Phi) is 3.95. The molecular weight excluding hydrogens is 260 g/mol. The Morgan fingerprint density at radius 1 is 1.53 bits per heavy atom. The average Bonchev–Trinajstić information content (AvgIpc) is 2.15. The van der Waals surface area contributed by atoms with Crippen molar-refractivity contribution in [2.45, 2.75) is 13.5 Å². The predicted molar refractivity (Wildman–Crippen MR) is 54.7 cm³/mol. The molecule has 5 nitrogen and oxygen atoms in total. The third-order valence-electron chi connectivity index (χ3n) is 1.84. The summed E-state index contributed by atoms with van der Waals surface area (Å²) < 4.78 is 28.1. The second kappa shape index (κ2) is 5.05. The van der Waals surface area contributed by atoms with Crippen LogP contribution in [0.2, 0.25) is 5.02 Å². The van der Waals surface area contributed by atoms with Gasteiger partial charge in [-0.15, -0.1) is 0 Å². The first kappa shape index (κ1) is 13.3. The summed E-state index contributed by atoms with van der Waals surface area (Å²) in [6.07, 6.45) is 0. The molecule has 0 bridgehead atoms. The molecule has 0 aliphatic carbocycles. The number of carbonyl (C=O) groups excluding carboxylic acids is 1. The Labute approximate surface area is 99.1 Å². The summed E-state index contributed by atoms with van der Waals surface area (Å²) >= 11 is 5.51. The van der Waals surface area contributed by atoms with Crippen molar-refractivity contribution in [1.82, 2.24) is 0 Å². The molecule has 0 spiro atoms. The number of benzene rings is 1. The van der Waals surface area contributed by atoms with E-state index in [9.17, 15) is 23.7 Å². The van der Waals surface area contributed by atoms with E-state index < -0.39 is 28.8 Å². The molecule has 1 aromatic carbocycles. The normalized spacial score (nSPS) is 10.4. The highest BCUT2D eigenvalue weighted by atomic mass is 35.5. The molecule has 0 unspecified atom stereocenters. The number of nitrogens with zero attached hydrogens (tertiary/aromatic N) is 1. The standard InChI is InChI=1S/C9H6ClF2NO4/c1-4(14)5-2-7(13(15)16)6(10)3-8(5)17-9(11)12/h2-3,9H,1H3. The fourth-order valence-corrected chi connectivity index (χ4v) is 1.37. The number of ketones is 1. The van der Waals surface area contributed by atoms with Crippen LogP contribution in [0.4, 0.5) is 14.5 Å². The predicted octanol–water partition coefficient (Wildman–Crippen LogP) is 3.05. The molecule has 0 N–H and O–H groups in total. The molecule has 0 aromatic heterocycles. The molecule has 0 saturated heterocycles. The zero-order valence-electron chi connectivity index (χ0n) is 8.45. The number of alkyl halides is 2. The zero-order chi connectivity index (χ0) is 13.2. The highest BCUT2D eigenvalue weighted by Gasteiger charge is 2.21. The van der Waals surface area contributed by atoms with Gasteiger partial charge in [0, 0.05) is 12.1 Å². The third kappa shape index (κ3) is 3.10. The topological polar surface area (TPSA) is 69.4 Å². The molecule has 1 aromatic rings. The molecule has 0 aliphatic heterocycles. The molecule has 0 aliphatic rings. The summed E-state index contributed by atoms with van der Waals surface area (Å²) in [6.45, 7) is -2.07. The minimum atomic E-state index is -3.15. The summed E-state index contributed by atoms with van der Waals surface area (Å²) in [5.74, 6) is -1.12. The minimum Gasteiger partial charge on any atom is -0.434 e. The maximum atomic E-state index is 12.0. The van der Waals surface area contributed by atoms with Crippen LogP contribution >= 0.6 is 11.6 Å². The zero-order valence-corrected chi connectivity index (χ0v) is 9.20. The van der Waals surface area contributed by atoms with E-state index in [1.54, 1.807) is 0 Å². The Balaban J connectivity index is 3.35. The van der Waals surface area contributed by atoms with E-state index in [-0.39, 0.29) is 10.6 Å². The fraction of sp³-hybridized carbons (Fsp3) is 0.222. The molecule has 0 radical (unpaired) electrons. The van der Waals surface area contributed by atoms with E-state index in [1.165, 1.54) is 0 Å². The summed E-state index contributed by atoms with van der Waals surface area (Å²) in [6, 6.07) is 1.63. The van der Waals surface area contributed by atoms with E-state index in [0.29, 0.717) is 0 Å². The number of hydrogen-bond acceptors (Lipinski definition) is 4. The maximum absolute atomic E-state index is 12.0. The maximum Gasteiger partial charge on any atom is 0.387 e. The number of nitro benzene ring substituents is 1. The van der Waals surface area contributed by atoms with Gasteiger partial charge in [-0.05, 0) is 6.92 Å². The quantitative estimate of drug-likeness (QED) is 0.477. The Morgan fingerprint density at radius 2 is 2.12 bits per heavy atom. The lowest BCUT2D eigenvalue weighted by Gasteiger charge is -2.09. The number of halogens is 3. The van der Waals surface area contributed by atoms with Gasteiger partial charge in [0.05, 0.1) is 10.5 Å². The number of hydrogen-bond donors (Lipinski definition) is 0. The molecule has 0 atom stereocenters. The molecule has 92 valence electrons. The lowest BCUT2D eigenvalue weighted by molar-refractivity contribution is -0.384. The van der Waals surface area contributed by atoms with Crippen molar-refractivity contribution >= 4 is 23.1 Å². The number of rotatable bonds is 4. The monoisotopic (exact) mass is 265 g/mol. The first-order valence-corrected chi connectivity index (χ1v) is 4.64. The Hall–Kier alpha value is -1.76. The second-order valence-corrected chi connectivity index (χ2v) is 3.40. The van der Waals surface area contributed by atoms with Crippen LogP contribution in [0.3, 0.4) is 0 Å². The van der Waals surface area contributed by atoms with E-state index in [1.807, 2.05) is 0 Å². The van der Waals surface area contributed by atoms with Crippen molar-refractivity contribution in [3.63, 3.8) is 0 Å². The molecular formula is C9H6ClF2NO4. The Morgan fingerprint density at radius 3 is 2.53 bits per heavy atom. The van der Waals surface area contributed by atoms with Gasteiger partial charge in [0.15, 0.2) is 5.78 Å². The highest BCUT2D eigenvalue weighted by Crippen LogP contribution is 2.33. The van der Waals surface area contributed by atoms with Gasteiger partial charge < -0.3 is 4.74 Å². The van der Waals surface area contributed by atoms with Gasteiger partial charge in [-0.25, -0.2) is 0 Å². The van der Waals surface area contributed by atoms with Crippen molar-refractivity contribution in [2.24, 2.45) is 0 Å². The first-order valence-electron chi connectivity index (χ1n) is 4.26. The molecule has 8 heteroatoms. The van der Waals surface area contributed by atoms with Crippen LogP contribution in [0, 0.1) is 10.1 Å². The van der Waals surface area contributed by atoms with Crippen LogP contribution in [0.1, 0.15) is 17.3 Å². The number of Topliss-reactive ketones (excluding diaryl/α,β-unsaturated/α-hetero) is 1. The minimum absolute atomic E-state index is 0.318. The van der Waals surface area contributed by atoms with Crippen LogP contribution in [-0.4, -0.2) is 17.3 Å². The van der Waals surface area contributed by atoms with Crippen molar-refractivity contribution in [3.8, 4) is 5.75 Å². The molecule has 0 heterocycles. The summed E-state index contributed by atoms with van der Waals surface area (Å²) in [5.41, 5.74) is -0.861. The van der Waals surface area contributed by atoms with Gasteiger partial charge in [-0.2, -0.15) is 8.78 Å². The second-order valence-electron chi connectivity index (χ2n) is 2.99. The summed E-state index contributed by atoms with van der Waals surface area (Å²) in [7, 11) is 0. The fourth-order valence-electron chi connectivity index (χ4n) is 1.15. The lowest BCUT2D eigenvalue weighted by Crippen LogP contribution is -2.07. The van der Waals surface area contributed by atoms with Gasteiger partial charge in [0.1, 0.15) is 10.8 Å². The van der Waals surface area contributed by atoms with Gasteiger partial charge in [0.25, 0.3) is 5.69 Å².